The Morgan fingerprint density at radius 2 is 2.17 bits per heavy atom. The van der Waals surface area contributed by atoms with Gasteiger partial charge in [0.05, 0.1) is 11.1 Å². The van der Waals surface area contributed by atoms with Crippen LogP contribution in [0.4, 0.5) is 0 Å². The third kappa shape index (κ3) is 3.34. The van der Waals surface area contributed by atoms with E-state index in [9.17, 15) is 4.79 Å². The average molecular weight is 351 g/mol. The van der Waals surface area contributed by atoms with E-state index >= 15 is 0 Å². The number of halogens is 1. The summed E-state index contributed by atoms with van der Waals surface area (Å²) in [7, 11) is 1.84. The zero-order valence-corrected chi connectivity index (χ0v) is 15.1. The summed E-state index contributed by atoms with van der Waals surface area (Å²) >= 11 is 6.34. The zero-order valence-electron chi connectivity index (χ0n) is 14.3. The van der Waals surface area contributed by atoms with Crippen LogP contribution < -0.4 is 0 Å². The summed E-state index contributed by atoms with van der Waals surface area (Å²) in [6.07, 6.45) is 5.76. The Morgan fingerprint density at radius 1 is 1.38 bits per heavy atom. The van der Waals surface area contributed by atoms with Crippen molar-refractivity contribution in [1.82, 2.24) is 19.8 Å². The summed E-state index contributed by atoms with van der Waals surface area (Å²) in [5.74, 6) is 0.809. The van der Waals surface area contributed by atoms with Crippen LogP contribution >= 0.6 is 11.6 Å². The first kappa shape index (κ1) is 17.0. The van der Waals surface area contributed by atoms with Gasteiger partial charge in [-0.3, -0.25) is 9.48 Å². The highest BCUT2D eigenvalue weighted by Crippen LogP contribution is 2.34. The number of nitrogens with zero attached hydrogens (tertiary/aromatic N) is 4. The van der Waals surface area contributed by atoms with Crippen LogP contribution in [0, 0.1) is 0 Å². The van der Waals surface area contributed by atoms with E-state index in [0.29, 0.717) is 17.3 Å². The topological polar surface area (TPSA) is 64.2 Å². The summed E-state index contributed by atoms with van der Waals surface area (Å²) < 4.78 is 6.99. The van der Waals surface area contributed by atoms with Crippen molar-refractivity contribution in [2.45, 2.75) is 51.5 Å². The lowest BCUT2D eigenvalue weighted by molar-refractivity contribution is 0.0665. The molecule has 1 atom stereocenters. The standard InChI is InChI=1S/C17H23ClN4O2/c1-11(2)15-9-13(20-24-15)17(23)22-8-6-4-5-7-14(22)16-12(18)10-21(3)19-16/h9-11,14H,4-8H2,1-3H3. The van der Waals surface area contributed by atoms with Crippen LogP contribution in [0.15, 0.2) is 16.8 Å². The van der Waals surface area contributed by atoms with Gasteiger partial charge in [-0.25, -0.2) is 0 Å². The number of amides is 1. The molecule has 2 aromatic heterocycles. The summed E-state index contributed by atoms with van der Waals surface area (Å²) in [5, 5.41) is 9.06. The van der Waals surface area contributed by atoms with Crippen LogP contribution in [0.5, 0.6) is 0 Å². The summed E-state index contributed by atoms with van der Waals surface area (Å²) in [4.78, 5) is 14.9. The fourth-order valence-corrected chi connectivity index (χ4v) is 3.45. The number of hydrogen-bond donors (Lipinski definition) is 0. The summed E-state index contributed by atoms with van der Waals surface area (Å²) in [5.41, 5.74) is 1.12. The normalized spacial score (nSPS) is 18.9. The highest BCUT2D eigenvalue weighted by Gasteiger charge is 2.32. The third-order valence-electron chi connectivity index (χ3n) is 4.46. The second kappa shape index (κ2) is 6.97. The van der Waals surface area contributed by atoms with E-state index in [1.807, 2.05) is 25.8 Å². The van der Waals surface area contributed by atoms with Crippen molar-refractivity contribution in [2.75, 3.05) is 6.54 Å². The fourth-order valence-electron chi connectivity index (χ4n) is 3.15. The smallest absolute Gasteiger partial charge is 0.276 e. The monoisotopic (exact) mass is 350 g/mol. The molecule has 1 saturated heterocycles. The molecule has 1 amide bonds. The second-order valence-electron chi connectivity index (χ2n) is 6.67. The number of carbonyl (C=O) groups is 1. The van der Waals surface area contributed by atoms with Crippen molar-refractivity contribution in [2.24, 2.45) is 7.05 Å². The van der Waals surface area contributed by atoms with Crippen LogP contribution in [0.1, 0.15) is 73.4 Å². The maximum absolute atomic E-state index is 13.0. The number of aryl methyl sites for hydroxylation is 1. The van der Waals surface area contributed by atoms with E-state index in [-0.39, 0.29) is 17.9 Å². The predicted octanol–water partition coefficient (Wildman–Crippen LogP) is 3.94. The van der Waals surface area contributed by atoms with Gasteiger partial charge in [0, 0.05) is 31.8 Å². The molecule has 0 saturated carbocycles. The number of hydrogen-bond acceptors (Lipinski definition) is 4. The maximum atomic E-state index is 13.0. The second-order valence-corrected chi connectivity index (χ2v) is 7.08. The Kier molecular flexibility index (Phi) is 4.94. The van der Waals surface area contributed by atoms with Gasteiger partial charge in [-0.15, -0.1) is 0 Å². The van der Waals surface area contributed by atoms with Crippen LogP contribution in [0.25, 0.3) is 0 Å². The van der Waals surface area contributed by atoms with E-state index < -0.39 is 0 Å². The Morgan fingerprint density at radius 3 is 2.79 bits per heavy atom. The van der Waals surface area contributed by atoms with E-state index in [4.69, 9.17) is 16.1 Å². The Labute approximate surface area is 146 Å². The molecule has 3 heterocycles. The predicted molar refractivity (Wildman–Crippen MR) is 91.1 cm³/mol. The molecular formula is C17H23ClN4O2. The molecule has 130 valence electrons. The van der Waals surface area contributed by atoms with Gasteiger partial charge in [0.2, 0.25) is 0 Å². The van der Waals surface area contributed by atoms with Crippen molar-refractivity contribution < 1.29 is 9.32 Å². The molecule has 24 heavy (non-hydrogen) atoms. The van der Waals surface area contributed by atoms with Gasteiger partial charge in [0.1, 0.15) is 11.5 Å². The Balaban J connectivity index is 1.91. The van der Waals surface area contributed by atoms with E-state index in [1.165, 1.54) is 0 Å². The first-order chi connectivity index (χ1) is 11.5. The van der Waals surface area contributed by atoms with Crippen molar-refractivity contribution in [1.29, 1.82) is 0 Å². The van der Waals surface area contributed by atoms with Gasteiger partial charge in [0.15, 0.2) is 5.69 Å². The van der Waals surface area contributed by atoms with Gasteiger partial charge in [-0.1, -0.05) is 43.4 Å². The molecule has 7 heteroatoms. The molecule has 1 aliphatic heterocycles. The minimum atomic E-state index is -0.118. The van der Waals surface area contributed by atoms with Gasteiger partial charge < -0.3 is 9.42 Å². The molecule has 2 aromatic rings. The SMILES string of the molecule is CC(C)c1cc(C(=O)N2CCCCCC2c2nn(C)cc2Cl)no1. The first-order valence-electron chi connectivity index (χ1n) is 8.44. The van der Waals surface area contributed by atoms with Crippen LogP contribution in [-0.4, -0.2) is 32.3 Å². The lowest BCUT2D eigenvalue weighted by Gasteiger charge is -2.28. The van der Waals surface area contributed by atoms with Crippen molar-refractivity contribution in [3.63, 3.8) is 0 Å². The van der Waals surface area contributed by atoms with Crippen molar-refractivity contribution in [3.8, 4) is 0 Å². The molecule has 1 fully saturated rings. The Bertz CT molecular complexity index is 722. The quantitative estimate of drug-likeness (QED) is 0.840. The molecule has 6 nitrogen and oxygen atoms in total. The van der Waals surface area contributed by atoms with E-state index in [0.717, 1.165) is 37.1 Å². The molecule has 0 aliphatic carbocycles. The fraction of sp³-hybridized carbons (Fsp3) is 0.588. The molecule has 1 aliphatic rings. The Hall–Kier alpha value is -1.82. The molecule has 3 rings (SSSR count). The molecule has 0 bridgehead atoms. The van der Waals surface area contributed by atoms with Gasteiger partial charge in [-0.05, 0) is 12.8 Å². The largest absolute Gasteiger partial charge is 0.360 e. The molecule has 0 radical (unpaired) electrons. The number of aromatic nitrogens is 3. The van der Waals surface area contributed by atoms with Crippen molar-refractivity contribution >= 4 is 17.5 Å². The highest BCUT2D eigenvalue weighted by molar-refractivity contribution is 6.31. The highest BCUT2D eigenvalue weighted by atomic mass is 35.5. The minimum absolute atomic E-state index is 0.112. The van der Waals surface area contributed by atoms with Gasteiger partial charge in [-0.2, -0.15) is 5.10 Å². The van der Waals surface area contributed by atoms with E-state index in [2.05, 4.69) is 10.3 Å². The lowest BCUT2D eigenvalue weighted by Crippen LogP contribution is -2.35. The number of rotatable bonds is 3. The molecule has 0 N–H and O–H groups in total. The minimum Gasteiger partial charge on any atom is -0.360 e. The van der Waals surface area contributed by atoms with Crippen molar-refractivity contribution in [3.05, 3.63) is 34.4 Å². The molecule has 0 spiro atoms. The number of carbonyl (C=O) groups excluding carboxylic acids is 1. The van der Waals surface area contributed by atoms with Crippen LogP contribution in [-0.2, 0) is 7.05 Å². The molecule has 1 unspecified atom stereocenters. The average Bonchev–Trinajstić information content (AvgIpc) is 3.07. The van der Waals surface area contributed by atoms with E-state index in [1.54, 1.807) is 16.9 Å². The molecular weight excluding hydrogens is 328 g/mol. The summed E-state index contributed by atoms with van der Waals surface area (Å²) in [6.45, 7) is 4.70. The zero-order chi connectivity index (χ0) is 17.3. The third-order valence-corrected chi connectivity index (χ3v) is 4.75. The first-order valence-corrected chi connectivity index (χ1v) is 8.81. The van der Waals surface area contributed by atoms with Gasteiger partial charge >= 0.3 is 0 Å². The maximum Gasteiger partial charge on any atom is 0.276 e. The lowest BCUT2D eigenvalue weighted by atomic mass is 10.1. The van der Waals surface area contributed by atoms with Crippen LogP contribution in [0.2, 0.25) is 5.02 Å². The number of likely N-dealkylation sites (tertiary alicyclic amines) is 1. The molecule has 0 aromatic carbocycles. The van der Waals surface area contributed by atoms with Crippen LogP contribution in [0.3, 0.4) is 0 Å². The summed E-state index contributed by atoms with van der Waals surface area (Å²) in [6, 6.07) is 1.63. The van der Waals surface area contributed by atoms with Gasteiger partial charge in [0.25, 0.3) is 5.91 Å².